The van der Waals surface area contributed by atoms with Crippen LogP contribution in [-0.2, 0) is 0 Å². The highest BCUT2D eigenvalue weighted by atomic mass is 127. The summed E-state index contributed by atoms with van der Waals surface area (Å²) in [5, 5.41) is 2.40. The van der Waals surface area contributed by atoms with Gasteiger partial charge in [-0.2, -0.15) is 0 Å². The average molecular weight is 377 g/mol. The Labute approximate surface area is 120 Å². The molecule has 0 unspecified atom stereocenters. The molecule has 2 nitrogen and oxygen atoms in total. The second-order valence-corrected chi connectivity index (χ2v) is 4.86. The van der Waals surface area contributed by atoms with E-state index in [1.54, 1.807) is 0 Å². The molecule has 0 fully saturated rings. The largest absolute Gasteiger partial charge is 0.321 e. The van der Waals surface area contributed by atoms with Crippen molar-refractivity contribution in [3.05, 3.63) is 63.0 Å². The summed E-state index contributed by atoms with van der Waals surface area (Å²) in [6, 6.07) is 6.35. The quantitative estimate of drug-likeness (QED) is 0.789. The van der Waals surface area contributed by atoms with Crippen molar-refractivity contribution in [2.75, 3.05) is 5.32 Å². The highest BCUT2D eigenvalue weighted by Gasteiger charge is 2.14. The summed E-state index contributed by atoms with van der Waals surface area (Å²) in [6.45, 7) is 0. The number of halogens is 4. The number of nitrogens with one attached hydrogen (secondary N) is 1. The predicted octanol–water partition coefficient (Wildman–Crippen LogP) is 3.96. The molecule has 2 rings (SSSR count). The Hall–Kier alpha value is -1.57. The Kier molecular flexibility index (Phi) is 4.08. The van der Waals surface area contributed by atoms with Crippen LogP contribution in [0.2, 0.25) is 0 Å². The Bertz CT molecular complexity index is 646. The van der Waals surface area contributed by atoms with E-state index in [4.69, 9.17) is 0 Å². The molecule has 2 aromatic carbocycles. The molecule has 0 radical (unpaired) electrons. The van der Waals surface area contributed by atoms with E-state index < -0.39 is 28.9 Å². The number of rotatable bonds is 2. The van der Waals surface area contributed by atoms with Gasteiger partial charge in [0, 0.05) is 3.57 Å². The maximum Gasteiger partial charge on any atom is 0.258 e. The third kappa shape index (κ3) is 3.25. The van der Waals surface area contributed by atoms with E-state index in [2.05, 4.69) is 5.32 Å². The lowest BCUT2D eigenvalue weighted by Gasteiger charge is -2.08. The number of amides is 1. The van der Waals surface area contributed by atoms with Crippen LogP contribution in [0.5, 0.6) is 0 Å². The molecule has 0 aliphatic carbocycles. The van der Waals surface area contributed by atoms with E-state index in [-0.39, 0.29) is 0 Å². The second-order valence-electron chi connectivity index (χ2n) is 3.70. The van der Waals surface area contributed by atoms with Gasteiger partial charge in [0.2, 0.25) is 0 Å². The number of hydrogen-bond donors (Lipinski definition) is 1. The average Bonchev–Trinajstić information content (AvgIpc) is 2.35. The van der Waals surface area contributed by atoms with Gasteiger partial charge >= 0.3 is 0 Å². The third-order valence-electron chi connectivity index (χ3n) is 2.35. The third-order valence-corrected chi connectivity index (χ3v) is 3.24. The molecule has 6 heteroatoms. The van der Waals surface area contributed by atoms with Gasteiger partial charge in [0.05, 0.1) is 11.3 Å². The van der Waals surface area contributed by atoms with Crippen LogP contribution < -0.4 is 5.32 Å². The first kappa shape index (κ1) is 13.9. The zero-order valence-corrected chi connectivity index (χ0v) is 11.5. The molecule has 0 saturated heterocycles. The van der Waals surface area contributed by atoms with Crippen molar-refractivity contribution in [1.29, 1.82) is 0 Å². The maximum atomic E-state index is 13.4. The van der Waals surface area contributed by atoms with Crippen LogP contribution in [0.4, 0.5) is 18.9 Å². The minimum atomic E-state index is -0.823. The van der Waals surface area contributed by atoms with E-state index in [0.29, 0.717) is 9.26 Å². The topological polar surface area (TPSA) is 29.1 Å². The first-order valence-electron chi connectivity index (χ1n) is 5.19. The summed E-state index contributed by atoms with van der Waals surface area (Å²) in [4.78, 5) is 11.8. The highest BCUT2D eigenvalue weighted by Crippen LogP contribution is 2.20. The van der Waals surface area contributed by atoms with E-state index in [9.17, 15) is 18.0 Å². The van der Waals surface area contributed by atoms with Crippen molar-refractivity contribution in [3.63, 3.8) is 0 Å². The molecule has 0 aliphatic heterocycles. The van der Waals surface area contributed by atoms with Gasteiger partial charge in [-0.3, -0.25) is 4.79 Å². The number of hydrogen-bond acceptors (Lipinski definition) is 1. The van der Waals surface area contributed by atoms with Crippen molar-refractivity contribution in [3.8, 4) is 0 Å². The van der Waals surface area contributed by atoms with Crippen molar-refractivity contribution >= 4 is 34.2 Å². The zero-order valence-electron chi connectivity index (χ0n) is 9.38. The molecule has 0 spiro atoms. The van der Waals surface area contributed by atoms with Gasteiger partial charge in [0.15, 0.2) is 0 Å². The Morgan fingerprint density at radius 2 is 1.63 bits per heavy atom. The smallest absolute Gasteiger partial charge is 0.258 e. The molecule has 0 aromatic heterocycles. The first-order valence-corrected chi connectivity index (χ1v) is 6.26. The van der Waals surface area contributed by atoms with Gasteiger partial charge in [-0.05, 0) is 59.0 Å². The molecule has 0 atom stereocenters. The molecule has 1 amide bonds. The van der Waals surface area contributed by atoms with Crippen LogP contribution in [0.3, 0.4) is 0 Å². The summed E-state index contributed by atoms with van der Waals surface area (Å²) >= 11 is 1.83. The van der Waals surface area contributed by atoms with Crippen LogP contribution in [0.25, 0.3) is 0 Å². The van der Waals surface area contributed by atoms with E-state index in [1.165, 1.54) is 18.2 Å². The molecule has 0 bridgehead atoms. The monoisotopic (exact) mass is 377 g/mol. The minimum absolute atomic E-state index is 0.329. The lowest BCUT2D eigenvalue weighted by atomic mass is 10.2. The maximum absolute atomic E-state index is 13.4. The fourth-order valence-corrected chi connectivity index (χ4v) is 2.06. The van der Waals surface area contributed by atoms with Crippen molar-refractivity contribution in [2.24, 2.45) is 0 Å². The molecule has 0 saturated carbocycles. The number of benzene rings is 2. The summed E-state index contributed by atoms with van der Waals surface area (Å²) in [7, 11) is 0. The van der Waals surface area contributed by atoms with Crippen LogP contribution in [-0.4, -0.2) is 5.91 Å². The van der Waals surface area contributed by atoms with Crippen LogP contribution in [0.1, 0.15) is 10.4 Å². The van der Waals surface area contributed by atoms with Gasteiger partial charge in [0.1, 0.15) is 17.5 Å². The van der Waals surface area contributed by atoms with Crippen molar-refractivity contribution in [1.82, 2.24) is 0 Å². The molecular weight excluding hydrogens is 370 g/mol. The molecule has 0 heterocycles. The summed E-state index contributed by atoms with van der Waals surface area (Å²) in [6.07, 6.45) is 0. The first-order chi connectivity index (χ1) is 8.97. The van der Waals surface area contributed by atoms with Gasteiger partial charge in [-0.15, -0.1) is 0 Å². The molecule has 2 aromatic rings. The van der Waals surface area contributed by atoms with E-state index in [0.717, 1.165) is 18.2 Å². The second kappa shape index (κ2) is 5.60. The Balaban J connectivity index is 2.28. The number of carbonyl (C=O) groups excluding carboxylic acids is 1. The van der Waals surface area contributed by atoms with Crippen LogP contribution in [0.15, 0.2) is 36.4 Å². The minimum Gasteiger partial charge on any atom is -0.321 e. The Morgan fingerprint density at radius 3 is 2.32 bits per heavy atom. The number of carbonyl (C=O) groups is 1. The normalized spacial score (nSPS) is 10.3. The molecule has 1 N–H and O–H groups in total. The molecule has 19 heavy (non-hydrogen) atoms. The highest BCUT2D eigenvalue weighted by molar-refractivity contribution is 14.1. The molecule has 98 valence electrons. The zero-order chi connectivity index (χ0) is 14.0. The predicted molar refractivity (Wildman–Crippen MR) is 73.4 cm³/mol. The standard InChI is InChI=1S/C13H7F3INO/c14-7-1-3-10(16)9(5-7)13(19)18-12-4-2-8(15)6-11(12)17/h1-6H,(H,18,19). The summed E-state index contributed by atoms with van der Waals surface area (Å²) in [5.74, 6) is -2.77. The Morgan fingerprint density at radius 1 is 1.00 bits per heavy atom. The fraction of sp³-hybridized carbons (Fsp3) is 0. The number of anilines is 1. The van der Waals surface area contributed by atoms with Crippen LogP contribution >= 0.6 is 22.6 Å². The van der Waals surface area contributed by atoms with E-state index >= 15 is 0 Å². The van der Waals surface area contributed by atoms with Gasteiger partial charge in [-0.1, -0.05) is 0 Å². The molecular formula is C13H7F3INO. The van der Waals surface area contributed by atoms with Crippen LogP contribution in [0, 0.1) is 21.0 Å². The lowest BCUT2D eigenvalue weighted by molar-refractivity contribution is 0.102. The summed E-state index contributed by atoms with van der Waals surface area (Å²) in [5.41, 5.74) is -0.0733. The van der Waals surface area contributed by atoms with Gasteiger partial charge in [-0.25, -0.2) is 13.2 Å². The van der Waals surface area contributed by atoms with Gasteiger partial charge < -0.3 is 5.32 Å². The molecule has 0 aliphatic rings. The van der Waals surface area contributed by atoms with Crippen molar-refractivity contribution < 1.29 is 18.0 Å². The summed E-state index contributed by atoms with van der Waals surface area (Å²) < 4.78 is 39.7. The fourth-order valence-electron chi connectivity index (χ4n) is 1.45. The SMILES string of the molecule is O=C(Nc1ccc(F)cc1I)c1cc(F)ccc1F. The van der Waals surface area contributed by atoms with Gasteiger partial charge in [0.25, 0.3) is 5.91 Å². The lowest BCUT2D eigenvalue weighted by Crippen LogP contribution is -2.15. The van der Waals surface area contributed by atoms with E-state index in [1.807, 2.05) is 22.6 Å². The van der Waals surface area contributed by atoms with Crippen molar-refractivity contribution in [2.45, 2.75) is 0 Å².